The Morgan fingerprint density at radius 3 is 2.32 bits per heavy atom. The highest BCUT2D eigenvalue weighted by atomic mass is 16.7. The molecule has 0 aromatic rings. The molecule has 5 aliphatic rings. The first-order chi connectivity index (χ1) is 17.2. The fourth-order valence-corrected chi connectivity index (χ4v) is 8.87. The van der Waals surface area contributed by atoms with Crippen molar-refractivity contribution < 1.29 is 54.5 Å². The van der Waals surface area contributed by atoms with Crippen LogP contribution in [0.4, 0.5) is 0 Å². The predicted molar refractivity (Wildman–Crippen MR) is 124 cm³/mol. The molecule has 0 bridgehead atoms. The second-order valence-corrected chi connectivity index (χ2v) is 12.6. The van der Waals surface area contributed by atoms with Gasteiger partial charge in [-0.05, 0) is 68.1 Å². The Balaban J connectivity index is 1.31. The van der Waals surface area contributed by atoms with Crippen molar-refractivity contribution in [3.63, 3.8) is 0 Å². The molecule has 0 aromatic heterocycles. The number of hydrogen-bond acceptors (Lipinski definition) is 9. The molecule has 0 aromatic carbocycles. The number of ketones is 1. The molecule has 0 amide bonds. The second-order valence-electron chi connectivity index (χ2n) is 12.6. The first kappa shape index (κ1) is 27.0. The minimum Gasteiger partial charge on any atom is -0.479 e. The molecule has 0 spiro atoms. The lowest BCUT2D eigenvalue weighted by Crippen LogP contribution is -2.62. The Labute approximate surface area is 214 Å². The van der Waals surface area contributed by atoms with Gasteiger partial charge in [-0.1, -0.05) is 13.8 Å². The zero-order valence-corrected chi connectivity index (χ0v) is 21.2. The Bertz CT molecular complexity index is 970. The molecule has 11 heteroatoms. The monoisotopic (exact) mass is 526 g/mol. The molecule has 1 aliphatic heterocycles. The Kier molecular flexibility index (Phi) is 6.53. The predicted octanol–water partition coefficient (Wildman–Crippen LogP) is 0.301. The number of ether oxygens (including phenoxy) is 2. The van der Waals surface area contributed by atoms with Gasteiger partial charge in [0.05, 0.1) is 6.10 Å². The fraction of sp³-hybridized carbons (Fsp3) is 0.885. The highest BCUT2D eigenvalue weighted by molar-refractivity contribution is 5.87. The van der Waals surface area contributed by atoms with Gasteiger partial charge in [0.1, 0.15) is 24.1 Å². The van der Waals surface area contributed by atoms with E-state index < -0.39 is 59.8 Å². The van der Waals surface area contributed by atoms with Crippen LogP contribution in [0, 0.1) is 34.5 Å². The van der Waals surface area contributed by atoms with Crippen molar-refractivity contribution >= 4 is 17.7 Å². The molecule has 5 rings (SSSR count). The second kappa shape index (κ2) is 8.96. The van der Waals surface area contributed by atoms with Crippen LogP contribution in [0.5, 0.6) is 0 Å². The van der Waals surface area contributed by atoms with Crippen LogP contribution in [0.3, 0.4) is 0 Å². The van der Waals surface area contributed by atoms with Gasteiger partial charge in [0.2, 0.25) is 0 Å². The zero-order valence-electron chi connectivity index (χ0n) is 21.2. The molecule has 1 heterocycles. The Hall–Kier alpha value is -1.63. The lowest BCUT2D eigenvalue weighted by molar-refractivity contribution is -0.309. The lowest BCUT2D eigenvalue weighted by atomic mass is 9.44. The number of hydrogen-bond donors (Lipinski definition) is 6. The van der Waals surface area contributed by atoms with E-state index in [-0.39, 0.29) is 47.7 Å². The Morgan fingerprint density at radius 1 is 0.973 bits per heavy atom. The van der Waals surface area contributed by atoms with Gasteiger partial charge in [0.25, 0.3) is 0 Å². The van der Waals surface area contributed by atoms with Crippen LogP contribution in [0.15, 0.2) is 0 Å². The van der Waals surface area contributed by atoms with Gasteiger partial charge in [0.15, 0.2) is 18.0 Å². The van der Waals surface area contributed by atoms with Crippen LogP contribution in [0.1, 0.15) is 65.2 Å². The van der Waals surface area contributed by atoms with Crippen LogP contribution >= 0.6 is 0 Å². The number of carboxylic acid groups (broad SMARTS) is 2. The summed E-state index contributed by atoms with van der Waals surface area (Å²) in [6, 6.07) is 0. The van der Waals surface area contributed by atoms with Crippen LogP contribution in [-0.4, -0.2) is 90.8 Å². The maximum atomic E-state index is 13.7. The van der Waals surface area contributed by atoms with Crippen molar-refractivity contribution in [2.75, 3.05) is 0 Å². The average Bonchev–Trinajstić information content (AvgIpc) is 3.10. The fourth-order valence-electron chi connectivity index (χ4n) is 8.87. The van der Waals surface area contributed by atoms with Crippen molar-refractivity contribution in [3.05, 3.63) is 0 Å². The third-order valence-corrected chi connectivity index (χ3v) is 11.0. The number of carboxylic acids is 2. The molecule has 5 fully saturated rings. The summed E-state index contributed by atoms with van der Waals surface area (Å²) in [5.41, 5.74) is -3.20. The number of aliphatic carboxylic acids is 2. The number of carbonyl (C=O) groups excluding carboxylic acids is 1. The number of aliphatic hydroxyl groups is 4. The van der Waals surface area contributed by atoms with Gasteiger partial charge in [-0.15, -0.1) is 0 Å². The van der Waals surface area contributed by atoms with E-state index in [0.29, 0.717) is 25.7 Å². The smallest absolute Gasteiger partial charge is 0.336 e. The van der Waals surface area contributed by atoms with Gasteiger partial charge in [-0.25, -0.2) is 9.59 Å². The van der Waals surface area contributed by atoms with E-state index in [1.807, 2.05) is 0 Å². The van der Waals surface area contributed by atoms with Crippen molar-refractivity contribution in [3.8, 4) is 0 Å². The Morgan fingerprint density at radius 2 is 1.68 bits per heavy atom. The summed E-state index contributed by atoms with van der Waals surface area (Å²) in [5, 5.41) is 60.5. The number of Topliss-reactive ketones (excluding diaryl/α,β-unsaturated/α-hetero) is 1. The zero-order chi connectivity index (χ0) is 27.1. The normalized spacial score (nSPS) is 53.6. The van der Waals surface area contributed by atoms with E-state index in [1.54, 1.807) is 6.92 Å². The van der Waals surface area contributed by atoms with E-state index in [4.69, 9.17) is 9.47 Å². The molecule has 13 atom stereocenters. The quantitative estimate of drug-likeness (QED) is 0.276. The molecule has 0 unspecified atom stereocenters. The highest BCUT2D eigenvalue weighted by Gasteiger charge is 2.69. The summed E-state index contributed by atoms with van der Waals surface area (Å²) in [4.78, 5) is 37.1. The number of fused-ring (bicyclic) bond motifs is 5. The molecule has 4 aliphatic carbocycles. The molecular weight excluding hydrogens is 488 g/mol. The van der Waals surface area contributed by atoms with Crippen LogP contribution in [-0.2, 0) is 23.9 Å². The van der Waals surface area contributed by atoms with E-state index >= 15 is 0 Å². The third kappa shape index (κ3) is 3.80. The molecule has 1 saturated heterocycles. The molecule has 0 radical (unpaired) electrons. The number of rotatable bonds is 4. The van der Waals surface area contributed by atoms with Crippen LogP contribution in [0.2, 0.25) is 0 Å². The summed E-state index contributed by atoms with van der Waals surface area (Å²) in [6.45, 7) is 3.88. The summed E-state index contributed by atoms with van der Waals surface area (Å²) in [6.07, 6.45) is -4.57. The topological polar surface area (TPSA) is 191 Å². The maximum absolute atomic E-state index is 13.7. The molecule has 6 N–H and O–H groups in total. The minimum absolute atomic E-state index is 0.00908. The third-order valence-electron chi connectivity index (χ3n) is 11.0. The summed E-state index contributed by atoms with van der Waals surface area (Å²) < 4.78 is 11.2. The molecular formula is C26H38O11. The van der Waals surface area contributed by atoms with Crippen molar-refractivity contribution in [1.29, 1.82) is 0 Å². The maximum Gasteiger partial charge on any atom is 0.336 e. The summed E-state index contributed by atoms with van der Waals surface area (Å²) in [7, 11) is 0. The first-order valence-corrected chi connectivity index (χ1v) is 13.3. The number of aliphatic hydroxyl groups excluding tert-OH is 3. The van der Waals surface area contributed by atoms with Gasteiger partial charge in [-0.3, -0.25) is 4.79 Å². The molecule has 4 saturated carbocycles. The molecule has 11 nitrogen and oxygen atoms in total. The van der Waals surface area contributed by atoms with Gasteiger partial charge in [0, 0.05) is 17.8 Å². The molecule has 208 valence electrons. The SMILES string of the molecule is C[C@]12CC[C@H](O[C@H]3O[C@@H](C(=O)O)[C@H](O)[C@@H](O)[C@@H]3O)C[C@@H]1CC[C@H]1[C@H]2C(=O)C[C@]2(C)[C@@H]1CC[C@@]2(O)C(=O)O. The molecule has 37 heavy (non-hydrogen) atoms. The standard InChI is InChI=1S/C26H38O11/c1-24-7-5-12(36-22-19(30)17(28)18(29)20(37-22)21(31)32)9-11(24)3-4-13-14-6-8-26(35,23(33)34)25(14,2)10-15(27)16(13)24/h11-14,16-20,22,28-30,35H,3-10H2,1-2H3,(H,31,32)(H,33,34)/t11-,12-,13+,14+,16-,17+,18+,19-,20+,22-,24-,25+,26+/m0/s1. The largest absolute Gasteiger partial charge is 0.479 e. The summed E-state index contributed by atoms with van der Waals surface area (Å²) >= 11 is 0. The van der Waals surface area contributed by atoms with Gasteiger partial charge >= 0.3 is 11.9 Å². The van der Waals surface area contributed by atoms with E-state index in [0.717, 1.165) is 12.8 Å². The van der Waals surface area contributed by atoms with Crippen LogP contribution in [0.25, 0.3) is 0 Å². The van der Waals surface area contributed by atoms with Crippen molar-refractivity contribution in [2.45, 2.75) is 108 Å². The van der Waals surface area contributed by atoms with Gasteiger partial charge in [-0.2, -0.15) is 0 Å². The van der Waals surface area contributed by atoms with E-state index in [1.165, 1.54) is 0 Å². The number of carbonyl (C=O) groups is 3. The average molecular weight is 527 g/mol. The lowest BCUT2D eigenvalue weighted by Gasteiger charge is -2.60. The van der Waals surface area contributed by atoms with Crippen LogP contribution < -0.4 is 0 Å². The van der Waals surface area contributed by atoms with Crippen molar-refractivity contribution in [2.24, 2.45) is 34.5 Å². The summed E-state index contributed by atoms with van der Waals surface area (Å²) in [5.74, 6) is -2.85. The first-order valence-electron chi connectivity index (χ1n) is 13.3. The minimum atomic E-state index is -1.89. The van der Waals surface area contributed by atoms with Crippen molar-refractivity contribution in [1.82, 2.24) is 0 Å². The van der Waals surface area contributed by atoms with Gasteiger partial charge < -0.3 is 40.1 Å². The van der Waals surface area contributed by atoms with E-state index in [2.05, 4.69) is 6.92 Å². The van der Waals surface area contributed by atoms with E-state index in [9.17, 15) is 45.0 Å². The highest BCUT2D eigenvalue weighted by Crippen LogP contribution is 2.67.